The van der Waals surface area contributed by atoms with E-state index in [1.54, 1.807) is 0 Å². The van der Waals surface area contributed by atoms with Crippen LogP contribution in [0.4, 0.5) is 5.69 Å². The van der Waals surface area contributed by atoms with Crippen molar-refractivity contribution < 1.29 is 0 Å². The zero-order chi connectivity index (χ0) is 12.8. The average Bonchev–Trinajstić information content (AvgIpc) is 2.28. The summed E-state index contributed by atoms with van der Waals surface area (Å²) >= 11 is 3.46. The molecule has 0 bridgehead atoms. The van der Waals surface area contributed by atoms with Crippen LogP contribution in [0.1, 0.15) is 44.7 Å². The minimum atomic E-state index is 0.131. The Hall–Kier alpha value is -0.580. The van der Waals surface area contributed by atoms with Gasteiger partial charge in [-0.3, -0.25) is 11.3 Å². The molecular formula is C13H22BrN3. The molecule has 0 aromatic heterocycles. The van der Waals surface area contributed by atoms with Gasteiger partial charge in [-0.25, -0.2) is 0 Å². The van der Waals surface area contributed by atoms with E-state index in [2.05, 4.69) is 35.2 Å². The topological polar surface area (TPSA) is 64.1 Å². The van der Waals surface area contributed by atoms with Crippen molar-refractivity contribution in [1.82, 2.24) is 5.43 Å². The molecule has 0 aliphatic carbocycles. The lowest BCUT2D eigenvalue weighted by Gasteiger charge is -2.19. The van der Waals surface area contributed by atoms with Gasteiger partial charge >= 0.3 is 0 Å². The van der Waals surface area contributed by atoms with Crippen LogP contribution in [0.15, 0.2) is 22.7 Å². The SMILES string of the molecule is CC(C)CCCC(NN)c1cc(Br)ccc1N. The molecule has 0 saturated carbocycles. The van der Waals surface area contributed by atoms with Crippen molar-refractivity contribution in [3.63, 3.8) is 0 Å². The summed E-state index contributed by atoms with van der Waals surface area (Å²) in [5, 5.41) is 0. The predicted octanol–water partition coefficient (Wildman–Crippen LogP) is 3.36. The third-order valence-corrected chi connectivity index (χ3v) is 3.39. The Bertz CT molecular complexity index is 353. The van der Waals surface area contributed by atoms with Crippen LogP contribution < -0.4 is 17.0 Å². The largest absolute Gasteiger partial charge is 0.398 e. The monoisotopic (exact) mass is 299 g/mol. The molecule has 0 amide bonds. The maximum Gasteiger partial charge on any atom is 0.0480 e. The lowest BCUT2D eigenvalue weighted by molar-refractivity contribution is 0.456. The van der Waals surface area contributed by atoms with Crippen molar-refractivity contribution in [2.45, 2.75) is 39.2 Å². The zero-order valence-electron chi connectivity index (χ0n) is 10.5. The maximum atomic E-state index is 5.98. The van der Waals surface area contributed by atoms with Crippen LogP contribution >= 0.6 is 15.9 Å². The van der Waals surface area contributed by atoms with E-state index >= 15 is 0 Å². The molecule has 3 nitrogen and oxygen atoms in total. The molecule has 0 spiro atoms. The van der Waals surface area contributed by atoms with Crippen LogP contribution in [0.3, 0.4) is 0 Å². The van der Waals surface area contributed by atoms with Crippen LogP contribution in [0.25, 0.3) is 0 Å². The second-order valence-electron chi connectivity index (χ2n) is 4.82. The van der Waals surface area contributed by atoms with Gasteiger partial charge in [-0.1, -0.05) is 42.6 Å². The number of hydrazine groups is 1. The molecule has 17 heavy (non-hydrogen) atoms. The highest BCUT2D eigenvalue weighted by Gasteiger charge is 2.13. The number of rotatable bonds is 6. The van der Waals surface area contributed by atoms with Crippen molar-refractivity contribution in [3.8, 4) is 0 Å². The molecule has 0 heterocycles. The van der Waals surface area contributed by atoms with E-state index in [4.69, 9.17) is 11.6 Å². The Morgan fingerprint density at radius 1 is 1.29 bits per heavy atom. The number of hydrogen-bond donors (Lipinski definition) is 3. The van der Waals surface area contributed by atoms with Crippen LogP contribution in [0, 0.1) is 5.92 Å². The minimum absolute atomic E-state index is 0.131. The van der Waals surface area contributed by atoms with Gasteiger partial charge in [-0.2, -0.15) is 0 Å². The van der Waals surface area contributed by atoms with Crippen molar-refractivity contribution >= 4 is 21.6 Å². The van der Waals surface area contributed by atoms with Crippen LogP contribution in [0.2, 0.25) is 0 Å². The third-order valence-electron chi connectivity index (χ3n) is 2.90. The molecule has 1 rings (SSSR count). The first kappa shape index (κ1) is 14.5. The van der Waals surface area contributed by atoms with E-state index in [0.29, 0.717) is 0 Å². The first-order valence-electron chi connectivity index (χ1n) is 6.05. The fraction of sp³-hybridized carbons (Fsp3) is 0.538. The van der Waals surface area contributed by atoms with Gasteiger partial charge in [0.1, 0.15) is 0 Å². The Morgan fingerprint density at radius 2 is 2.00 bits per heavy atom. The van der Waals surface area contributed by atoms with Gasteiger partial charge in [0.25, 0.3) is 0 Å². The first-order chi connectivity index (χ1) is 8.04. The molecule has 0 aliphatic rings. The minimum Gasteiger partial charge on any atom is -0.398 e. The standard InChI is InChI=1S/C13H22BrN3/c1-9(2)4-3-5-13(17-16)11-8-10(14)6-7-12(11)15/h6-9,13,17H,3-5,15-16H2,1-2H3. The molecule has 1 unspecified atom stereocenters. The Kier molecular flexibility index (Phi) is 5.95. The molecule has 1 aromatic rings. The molecule has 5 N–H and O–H groups in total. The molecule has 96 valence electrons. The molecule has 0 radical (unpaired) electrons. The van der Waals surface area contributed by atoms with Crippen LogP contribution in [-0.4, -0.2) is 0 Å². The number of nitrogen functional groups attached to an aromatic ring is 1. The summed E-state index contributed by atoms with van der Waals surface area (Å²) in [4.78, 5) is 0. The highest BCUT2D eigenvalue weighted by atomic mass is 79.9. The second kappa shape index (κ2) is 6.99. The number of benzene rings is 1. The average molecular weight is 300 g/mol. The number of hydrogen-bond acceptors (Lipinski definition) is 3. The van der Waals surface area contributed by atoms with Gasteiger partial charge in [-0.15, -0.1) is 0 Å². The van der Waals surface area contributed by atoms with Crippen molar-refractivity contribution in [1.29, 1.82) is 0 Å². The van der Waals surface area contributed by atoms with E-state index in [9.17, 15) is 0 Å². The Balaban J connectivity index is 2.68. The molecule has 1 aromatic carbocycles. The van der Waals surface area contributed by atoms with Gasteiger partial charge < -0.3 is 5.73 Å². The lowest BCUT2D eigenvalue weighted by Crippen LogP contribution is -2.28. The molecule has 0 saturated heterocycles. The third kappa shape index (κ3) is 4.66. The zero-order valence-corrected chi connectivity index (χ0v) is 12.1. The van der Waals surface area contributed by atoms with Crippen molar-refractivity contribution in [2.75, 3.05) is 5.73 Å². The van der Waals surface area contributed by atoms with Gasteiger partial charge in [-0.05, 0) is 36.1 Å². The van der Waals surface area contributed by atoms with E-state index in [1.807, 2.05) is 18.2 Å². The highest BCUT2D eigenvalue weighted by molar-refractivity contribution is 9.10. The van der Waals surface area contributed by atoms with Gasteiger partial charge in [0, 0.05) is 16.2 Å². The predicted molar refractivity (Wildman–Crippen MR) is 77.3 cm³/mol. The normalized spacial score (nSPS) is 13.0. The lowest BCUT2D eigenvalue weighted by atomic mass is 9.97. The molecular weight excluding hydrogens is 278 g/mol. The second-order valence-corrected chi connectivity index (χ2v) is 5.73. The van der Waals surface area contributed by atoms with E-state index in [0.717, 1.165) is 34.5 Å². The maximum absolute atomic E-state index is 5.98. The summed E-state index contributed by atoms with van der Waals surface area (Å²) in [6, 6.07) is 6.02. The summed E-state index contributed by atoms with van der Waals surface area (Å²) in [6.45, 7) is 4.47. The molecule has 4 heteroatoms. The van der Waals surface area contributed by atoms with E-state index in [-0.39, 0.29) is 6.04 Å². The number of halogens is 1. The Labute approximate surface area is 112 Å². The summed E-state index contributed by atoms with van der Waals surface area (Å²) in [6.07, 6.45) is 3.37. The summed E-state index contributed by atoms with van der Waals surface area (Å²) in [5.74, 6) is 6.35. The number of nitrogens with two attached hydrogens (primary N) is 2. The summed E-state index contributed by atoms with van der Waals surface area (Å²) < 4.78 is 1.03. The molecule has 0 fully saturated rings. The summed E-state index contributed by atoms with van der Waals surface area (Å²) in [7, 11) is 0. The smallest absolute Gasteiger partial charge is 0.0480 e. The molecule has 0 aliphatic heterocycles. The highest BCUT2D eigenvalue weighted by Crippen LogP contribution is 2.27. The Morgan fingerprint density at radius 3 is 2.59 bits per heavy atom. The van der Waals surface area contributed by atoms with Gasteiger partial charge in [0.15, 0.2) is 0 Å². The fourth-order valence-electron chi connectivity index (χ4n) is 1.91. The van der Waals surface area contributed by atoms with Crippen LogP contribution in [0.5, 0.6) is 0 Å². The van der Waals surface area contributed by atoms with E-state index in [1.165, 1.54) is 6.42 Å². The van der Waals surface area contributed by atoms with Crippen LogP contribution in [-0.2, 0) is 0 Å². The van der Waals surface area contributed by atoms with Crippen molar-refractivity contribution in [3.05, 3.63) is 28.2 Å². The molecule has 1 atom stereocenters. The quantitative estimate of drug-likeness (QED) is 0.429. The van der Waals surface area contributed by atoms with Gasteiger partial charge in [0.2, 0.25) is 0 Å². The first-order valence-corrected chi connectivity index (χ1v) is 6.85. The number of anilines is 1. The van der Waals surface area contributed by atoms with Gasteiger partial charge in [0.05, 0.1) is 0 Å². The van der Waals surface area contributed by atoms with E-state index < -0.39 is 0 Å². The fourth-order valence-corrected chi connectivity index (χ4v) is 2.29. The van der Waals surface area contributed by atoms with Crippen molar-refractivity contribution in [2.24, 2.45) is 11.8 Å². The summed E-state index contributed by atoms with van der Waals surface area (Å²) in [5.41, 5.74) is 10.7. The number of nitrogens with one attached hydrogen (secondary N) is 1.